The molecule has 5 heterocycles. The second-order valence-electron chi connectivity index (χ2n) is 29.0. The van der Waals surface area contributed by atoms with Gasteiger partial charge in [0.25, 0.3) is 0 Å². The molecular weight excluding hydrogens is 1460 g/mol. The fourth-order valence-electron chi connectivity index (χ4n) is 18.1. The van der Waals surface area contributed by atoms with Gasteiger partial charge in [0.05, 0.1) is 11.4 Å². The van der Waals surface area contributed by atoms with E-state index >= 15 is 0 Å². The van der Waals surface area contributed by atoms with Crippen LogP contribution >= 0.6 is 0 Å². The molecule has 17 aromatic carbocycles. The first-order valence-corrected chi connectivity index (χ1v) is 40.4. The number of para-hydroxylation sites is 8. The van der Waals surface area contributed by atoms with Gasteiger partial charge in [-0.25, -0.2) is 0 Å². The number of hydrogen-bond acceptors (Lipinski definition) is 6. The van der Waals surface area contributed by atoms with E-state index in [1.165, 1.54) is 39.4 Å². The molecule has 0 spiro atoms. The quantitative estimate of drug-likeness (QED) is 0.107. The number of fused-ring (bicyclic) bond motifs is 11. The van der Waals surface area contributed by atoms with Crippen molar-refractivity contribution in [1.82, 2.24) is 0 Å². The fourth-order valence-corrected chi connectivity index (χ4v) is 21.2. The number of hydrogen-bond donors (Lipinski definition) is 0. The van der Waals surface area contributed by atoms with E-state index in [9.17, 15) is 0 Å². The molecule has 4 aliphatic heterocycles. The van der Waals surface area contributed by atoms with Crippen molar-refractivity contribution < 1.29 is 4.74 Å². The van der Waals surface area contributed by atoms with E-state index in [1.807, 2.05) is 0 Å². The smallest absolute Gasteiger partial charge is 0.0622 e. The van der Waals surface area contributed by atoms with Crippen LogP contribution in [0.3, 0.4) is 0 Å². The summed E-state index contributed by atoms with van der Waals surface area (Å²) in [5, 5.41) is 2.64. The van der Waals surface area contributed by atoms with E-state index in [-0.39, 0.29) is 13.4 Å². The first-order chi connectivity index (χ1) is 55.1. The summed E-state index contributed by atoms with van der Waals surface area (Å²) >= 11 is -0.652. The van der Waals surface area contributed by atoms with Gasteiger partial charge in [0, 0.05) is 16.8 Å². The molecule has 0 aliphatic carbocycles. The minimum atomic E-state index is -0.652. The van der Waals surface area contributed by atoms with E-state index in [2.05, 4.69) is 431 Å². The molecule has 111 heavy (non-hydrogen) atoms. The predicted octanol–water partition coefficient (Wildman–Crippen LogP) is 23.1. The minimum Gasteiger partial charge on any atom is -0.0622 e. The summed E-state index contributed by atoms with van der Waals surface area (Å²) < 4.78 is 11.0. The fraction of sp³-hybridized carbons (Fsp3) is 0. The SMILES string of the molecule is c1ccc(-c2ccccc2N(c2ccccc2)c2cc3c4c(c2)N(c2ccccc2-c2ccccc2)c2ccccc2B4c2cc4c(cc2O3)N(c2ccc3[te]c5ccccc5c3c2)c2cc(N(c3ccccc3)c3ccccc3-c3ccccc3)cc3c2B4c2ccccc2N3c2ccccc2-c2ccccc2)cc1. The third-order valence-corrected chi connectivity index (χ3v) is 26.1. The number of rotatable bonds is 13. The van der Waals surface area contributed by atoms with Crippen molar-refractivity contribution in [2.45, 2.75) is 0 Å². The van der Waals surface area contributed by atoms with E-state index in [0.29, 0.717) is 0 Å². The molecule has 0 fully saturated rings. The number of ether oxygens (including phenoxy) is 1. The van der Waals surface area contributed by atoms with Crippen LogP contribution in [0.25, 0.3) is 62.1 Å². The number of benzene rings is 17. The molecule has 0 bridgehead atoms. The van der Waals surface area contributed by atoms with Gasteiger partial charge in [-0.05, 0) is 47.5 Å². The van der Waals surface area contributed by atoms with Crippen LogP contribution in [0.4, 0.5) is 85.3 Å². The van der Waals surface area contributed by atoms with Crippen molar-refractivity contribution in [3.63, 3.8) is 0 Å². The van der Waals surface area contributed by atoms with E-state index in [0.717, 1.165) is 152 Å². The first kappa shape index (κ1) is 64.6. The topological polar surface area (TPSA) is 25.4 Å². The second-order valence-corrected chi connectivity index (χ2v) is 32.1. The van der Waals surface area contributed by atoms with Gasteiger partial charge in [0.2, 0.25) is 0 Å². The van der Waals surface area contributed by atoms with Gasteiger partial charge in [0.1, 0.15) is 0 Å². The van der Waals surface area contributed by atoms with E-state index in [1.54, 1.807) is 0 Å². The summed E-state index contributed by atoms with van der Waals surface area (Å²) in [6.07, 6.45) is 0. The molecule has 518 valence electrons. The maximum atomic E-state index is 8.12. The van der Waals surface area contributed by atoms with Crippen LogP contribution in [0.5, 0.6) is 11.5 Å². The van der Waals surface area contributed by atoms with Crippen LogP contribution in [0.1, 0.15) is 0 Å². The van der Waals surface area contributed by atoms with Crippen molar-refractivity contribution >= 4 is 170 Å². The van der Waals surface area contributed by atoms with Crippen LogP contribution in [0.15, 0.2) is 406 Å². The maximum absolute atomic E-state index is 8.12. The Balaban J connectivity index is 0.845. The van der Waals surface area contributed by atoms with Gasteiger partial charge in [-0.3, -0.25) is 0 Å². The van der Waals surface area contributed by atoms with Gasteiger partial charge in [-0.2, -0.15) is 0 Å². The van der Waals surface area contributed by atoms with Crippen LogP contribution in [0, 0.1) is 0 Å². The molecule has 6 nitrogen and oxygen atoms in total. The Hall–Kier alpha value is -13.5. The third-order valence-electron chi connectivity index (χ3n) is 22.8. The zero-order chi connectivity index (χ0) is 73.0. The summed E-state index contributed by atoms with van der Waals surface area (Å²) in [6, 6.07) is 151. The summed E-state index contributed by atoms with van der Waals surface area (Å²) in [6.45, 7) is -0.535. The first-order valence-electron chi connectivity index (χ1n) is 38.1. The molecular formula is C102H67B2N5OTe. The number of anilines is 15. The van der Waals surface area contributed by atoms with Gasteiger partial charge in [-0.1, -0.05) is 206 Å². The summed E-state index contributed by atoms with van der Waals surface area (Å²) in [5.74, 6) is 1.61. The van der Waals surface area contributed by atoms with Crippen molar-refractivity contribution in [3.8, 4) is 56.0 Å². The molecule has 1 aromatic heterocycles. The predicted molar refractivity (Wildman–Crippen MR) is 469 cm³/mol. The Labute approximate surface area is 656 Å². The molecule has 0 atom stereocenters. The Kier molecular flexibility index (Phi) is 15.5. The second kappa shape index (κ2) is 26.7. The zero-order valence-corrected chi connectivity index (χ0v) is 62.7. The molecule has 4 aliphatic rings. The molecule has 22 rings (SSSR count). The van der Waals surface area contributed by atoms with Crippen LogP contribution in [-0.4, -0.2) is 33.9 Å². The van der Waals surface area contributed by atoms with Crippen molar-refractivity contribution in [1.29, 1.82) is 0 Å². The van der Waals surface area contributed by atoms with Gasteiger partial charge in [0.15, 0.2) is 0 Å². The Morgan fingerprint density at radius 2 is 0.631 bits per heavy atom. The minimum absolute atomic E-state index is 0.263. The van der Waals surface area contributed by atoms with Crippen LogP contribution in [-0.2, 0) is 0 Å². The molecule has 0 unspecified atom stereocenters. The van der Waals surface area contributed by atoms with Crippen molar-refractivity contribution in [3.05, 3.63) is 406 Å². The third kappa shape index (κ3) is 10.6. The summed E-state index contributed by atoms with van der Waals surface area (Å²) in [7, 11) is 0. The average Bonchev–Trinajstić information content (AvgIpc) is 0.886. The van der Waals surface area contributed by atoms with Crippen LogP contribution in [0.2, 0.25) is 0 Å². The zero-order valence-electron chi connectivity index (χ0n) is 60.4. The van der Waals surface area contributed by atoms with E-state index < -0.39 is 20.4 Å². The van der Waals surface area contributed by atoms with Gasteiger partial charge < -0.3 is 9.80 Å². The normalized spacial score (nSPS) is 12.7. The van der Waals surface area contributed by atoms with Gasteiger partial charge >= 0.3 is 369 Å². The Morgan fingerprint density at radius 1 is 0.234 bits per heavy atom. The van der Waals surface area contributed by atoms with E-state index in [4.69, 9.17) is 4.74 Å². The standard InChI is InChI=1S/C102H67B2N5OTe/c1-7-33-68(34-8-1)77-45-19-26-52-87(77)105(72-41-15-5-16-42-72)75-62-94-101-95(63-75)108(89-54-28-21-47-79(89)70-37-11-3-12-38-70)91-56-30-24-50-83(91)103(101)85-66-86-97(67-93(85)107(94)74-59-60-100-82(61-74)81-49-23-32-58-99(81)111-100)110-98-65-76(106(73-43-17-6-18-44-73)88-53-27-20-46-78(88)69-35-9-2-10-36-69)64-96-102(98)104(86)84-51-25-31-57-92(84)109(96)90-55-29-22-48-80(90)71-39-13-4-14-40-71/h1-67H. The molecule has 0 N–H and O–H groups in total. The Morgan fingerprint density at radius 3 is 1.16 bits per heavy atom. The summed E-state index contributed by atoms with van der Waals surface area (Å²) in [5.41, 5.74) is 32.1. The Bertz CT molecular complexity index is 6680. The number of nitrogens with zero attached hydrogens (tertiary/aromatic N) is 5. The molecule has 0 radical (unpaired) electrons. The van der Waals surface area contributed by atoms with Crippen LogP contribution < -0.4 is 62.0 Å². The van der Waals surface area contributed by atoms with Crippen molar-refractivity contribution in [2.75, 3.05) is 24.5 Å². The average molecular weight is 1530 g/mol. The molecule has 9 heteroatoms. The molecule has 18 aromatic rings. The molecule has 0 amide bonds. The molecule has 0 saturated heterocycles. The van der Waals surface area contributed by atoms with Gasteiger partial charge in [-0.15, -0.1) is 0 Å². The monoisotopic (exact) mass is 1530 g/mol. The summed E-state index contributed by atoms with van der Waals surface area (Å²) in [4.78, 5) is 12.7. The van der Waals surface area contributed by atoms with Crippen molar-refractivity contribution in [2.24, 2.45) is 0 Å². The molecule has 0 saturated carbocycles.